The van der Waals surface area contributed by atoms with Gasteiger partial charge in [-0.2, -0.15) is 0 Å². The quantitative estimate of drug-likeness (QED) is 0.232. The molecule has 0 radical (unpaired) electrons. The van der Waals surface area contributed by atoms with E-state index in [4.69, 9.17) is 11.6 Å². The summed E-state index contributed by atoms with van der Waals surface area (Å²) in [6.45, 7) is 6.48. The van der Waals surface area contributed by atoms with Gasteiger partial charge in [-0.15, -0.1) is 0 Å². The van der Waals surface area contributed by atoms with E-state index < -0.39 is 6.04 Å². The van der Waals surface area contributed by atoms with Gasteiger partial charge in [-0.1, -0.05) is 30.7 Å². The fourth-order valence-electron chi connectivity index (χ4n) is 7.99. The summed E-state index contributed by atoms with van der Waals surface area (Å²) in [6, 6.07) is 14.6. The van der Waals surface area contributed by atoms with E-state index in [1.54, 1.807) is 18.3 Å². The molecule has 12 heteroatoms. The second-order valence-corrected chi connectivity index (χ2v) is 14.1. The number of piperidine rings is 2. The van der Waals surface area contributed by atoms with Gasteiger partial charge in [-0.3, -0.25) is 19.8 Å². The Morgan fingerprint density at radius 3 is 2.65 bits per heavy atom. The Labute approximate surface area is 291 Å². The van der Waals surface area contributed by atoms with Crippen LogP contribution in [0.5, 0.6) is 0 Å². The molecule has 0 aliphatic carbocycles. The van der Waals surface area contributed by atoms with E-state index in [1.165, 1.54) is 6.07 Å². The first-order chi connectivity index (χ1) is 23.8. The molecule has 258 valence electrons. The van der Waals surface area contributed by atoms with Gasteiger partial charge in [0.15, 0.2) is 0 Å². The number of amides is 4. The number of pyridine rings is 1. The molecule has 1 aromatic heterocycles. The number of urea groups is 1. The van der Waals surface area contributed by atoms with Gasteiger partial charge in [0.05, 0.1) is 5.69 Å². The number of carbonyl (C=O) groups is 3. The molecule has 0 bridgehead atoms. The predicted molar refractivity (Wildman–Crippen MR) is 190 cm³/mol. The summed E-state index contributed by atoms with van der Waals surface area (Å²) in [5, 5.41) is 9.52. The van der Waals surface area contributed by atoms with E-state index in [-0.39, 0.29) is 35.5 Å². The lowest BCUT2D eigenvalue weighted by Crippen LogP contribution is -2.50. The lowest BCUT2D eigenvalue weighted by molar-refractivity contribution is -0.133. The first-order valence-corrected chi connectivity index (χ1v) is 17.8. The van der Waals surface area contributed by atoms with Crippen molar-refractivity contribution in [1.82, 2.24) is 15.2 Å². The van der Waals surface area contributed by atoms with Crippen LogP contribution in [0, 0.1) is 11.7 Å². The third-order valence-electron chi connectivity index (χ3n) is 10.9. The molecule has 4 aliphatic heterocycles. The van der Waals surface area contributed by atoms with Crippen LogP contribution in [0.25, 0.3) is 0 Å². The van der Waals surface area contributed by atoms with Crippen molar-refractivity contribution >= 4 is 52.3 Å². The Morgan fingerprint density at radius 2 is 1.88 bits per heavy atom. The highest BCUT2D eigenvalue weighted by Crippen LogP contribution is 2.47. The number of rotatable bonds is 9. The number of carbonyl (C=O) groups excluding carboxylic acids is 3. The number of aromatic nitrogens is 1. The van der Waals surface area contributed by atoms with E-state index in [9.17, 15) is 14.4 Å². The van der Waals surface area contributed by atoms with E-state index in [2.05, 4.69) is 44.9 Å². The summed E-state index contributed by atoms with van der Waals surface area (Å²) < 4.78 is 15.2. The third kappa shape index (κ3) is 6.52. The van der Waals surface area contributed by atoms with Crippen LogP contribution in [0.2, 0.25) is 5.02 Å². The van der Waals surface area contributed by atoms with Crippen LogP contribution >= 0.6 is 11.6 Å². The SMILES string of the molecule is CCC1(c2cccc(N3CCCN(CCC4CCN(c5ccc(NC6CCC(=O)NC6=O)cc5F)CC4)C3=O)c2)CNc2nccc(Cl)c21. The summed E-state index contributed by atoms with van der Waals surface area (Å²) in [5.41, 5.74) is 3.81. The molecule has 3 N–H and O–H groups in total. The molecular weight excluding hydrogens is 645 g/mol. The van der Waals surface area contributed by atoms with E-state index in [0.717, 1.165) is 74.4 Å². The maximum absolute atomic E-state index is 15.2. The van der Waals surface area contributed by atoms with E-state index >= 15 is 4.39 Å². The molecule has 0 spiro atoms. The van der Waals surface area contributed by atoms with E-state index in [1.807, 2.05) is 28.0 Å². The number of nitrogens with zero attached hydrogens (tertiary/aromatic N) is 4. The maximum atomic E-state index is 15.2. The van der Waals surface area contributed by atoms with Crippen LogP contribution < -0.4 is 25.8 Å². The van der Waals surface area contributed by atoms with Crippen molar-refractivity contribution in [2.24, 2.45) is 5.92 Å². The first kappa shape index (κ1) is 33.1. The zero-order valence-electron chi connectivity index (χ0n) is 27.8. The van der Waals surface area contributed by atoms with Gasteiger partial charge < -0.3 is 20.4 Å². The van der Waals surface area contributed by atoms with Gasteiger partial charge >= 0.3 is 6.03 Å². The zero-order chi connectivity index (χ0) is 34.1. The number of imide groups is 1. The van der Waals surface area contributed by atoms with E-state index in [0.29, 0.717) is 48.4 Å². The summed E-state index contributed by atoms with van der Waals surface area (Å²) in [7, 11) is 0. The second-order valence-electron chi connectivity index (χ2n) is 13.7. The highest BCUT2D eigenvalue weighted by Gasteiger charge is 2.42. The van der Waals surface area contributed by atoms with Crippen molar-refractivity contribution < 1.29 is 18.8 Å². The van der Waals surface area contributed by atoms with Gasteiger partial charge in [0.25, 0.3) is 0 Å². The number of hydrogen-bond donors (Lipinski definition) is 3. The van der Waals surface area contributed by atoms with Gasteiger partial charge in [0.1, 0.15) is 17.7 Å². The molecule has 4 aliphatic rings. The minimum absolute atomic E-state index is 0.0455. The minimum atomic E-state index is -0.555. The topological polar surface area (TPSA) is 110 Å². The average Bonchev–Trinajstić information content (AvgIpc) is 3.51. The lowest BCUT2D eigenvalue weighted by Gasteiger charge is -2.38. The smallest absolute Gasteiger partial charge is 0.324 e. The molecule has 0 saturated carbocycles. The third-order valence-corrected chi connectivity index (χ3v) is 11.2. The van der Waals surface area contributed by atoms with Crippen LogP contribution in [-0.4, -0.2) is 73.0 Å². The molecule has 5 heterocycles. The van der Waals surface area contributed by atoms with Crippen molar-refractivity contribution in [3.63, 3.8) is 0 Å². The van der Waals surface area contributed by atoms with Gasteiger partial charge in [0.2, 0.25) is 11.8 Å². The van der Waals surface area contributed by atoms with Crippen LogP contribution in [0.1, 0.15) is 63.0 Å². The Morgan fingerprint density at radius 1 is 1.04 bits per heavy atom. The van der Waals surface area contributed by atoms with Crippen molar-refractivity contribution in [3.05, 3.63) is 76.7 Å². The number of benzene rings is 2. The standard InChI is InChI=1S/C37H43ClFN7O3/c1-2-37(23-41-34-33(37)28(38)11-15-40-34)25-5-3-6-27(21-25)46-17-4-16-45(36(46)49)20-14-24-12-18-44(19-13-24)31-9-7-26(22-29(31)39)42-30-8-10-32(47)43-35(30)48/h3,5-7,9,11,15,21-22,24,30,42H,2,4,8,10,12-14,16-20,23H2,1H3,(H,40,41)(H,43,47,48). The largest absolute Gasteiger partial charge is 0.374 e. The molecule has 2 aromatic carbocycles. The Hall–Kier alpha value is -4.38. The molecule has 49 heavy (non-hydrogen) atoms. The summed E-state index contributed by atoms with van der Waals surface area (Å²) >= 11 is 6.71. The summed E-state index contributed by atoms with van der Waals surface area (Å²) in [4.78, 5) is 47.8. The van der Waals surface area contributed by atoms with Crippen LogP contribution in [-0.2, 0) is 15.0 Å². The normalized spacial score (nSPS) is 23.0. The van der Waals surface area contributed by atoms with Crippen molar-refractivity contribution in [3.8, 4) is 0 Å². The number of hydrogen-bond acceptors (Lipinski definition) is 7. The molecule has 3 saturated heterocycles. The van der Waals surface area contributed by atoms with Crippen LogP contribution in [0.3, 0.4) is 0 Å². The molecule has 3 aromatic rings. The Kier molecular flexibility index (Phi) is 9.37. The number of nitrogens with one attached hydrogen (secondary N) is 3. The fourth-order valence-corrected chi connectivity index (χ4v) is 8.32. The lowest BCUT2D eigenvalue weighted by atomic mass is 9.74. The molecule has 7 rings (SSSR count). The summed E-state index contributed by atoms with van der Waals surface area (Å²) in [5.74, 6) is 0.285. The maximum Gasteiger partial charge on any atom is 0.324 e. The van der Waals surface area contributed by atoms with Crippen molar-refractivity contribution in [1.29, 1.82) is 0 Å². The molecular formula is C37H43ClFN7O3. The molecule has 10 nitrogen and oxygen atoms in total. The van der Waals surface area contributed by atoms with Crippen LogP contribution in [0.4, 0.5) is 32.1 Å². The highest BCUT2D eigenvalue weighted by atomic mass is 35.5. The fraction of sp³-hybridized carbons (Fsp3) is 0.459. The monoisotopic (exact) mass is 687 g/mol. The molecule has 3 fully saturated rings. The minimum Gasteiger partial charge on any atom is -0.374 e. The number of fused-ring (bicyclic) bond motifs is 1. The summed E-state index contributed by atoms with van der Waals surface area (Å²) in [6.07, 6.45) is 6.89. The Bertz CT molecular complexity index is 1750. The zero-order valence-corrected chi connectivity index (χ0v) is 28.6. The van der Waals surface area contributed by atoms with Crippen LogP contribution in [0.15, 0.2) is 54.7 Å². The van der Waals surface area contributed by atoms with Crippen molar-refractivity contribution in [2.75, 3.05) is 59.7 Å². The second kappa shape index (κ2) is 13.9. The van der Waals surface area contributed by atoms with Gasteiger partial charge in [-0.05, 0) is 86.4 Å². The molecule has 2 atom stereocenters. The van der Waals surface area contributed by atoms with Gasteiger partial charge in [0, 0.05) is 79.3 Å². The van der Waals surface area contributed by atoms with Crippen molar-refractivity contribution in [2.45, 2.75) is 63.3 Å². The first-order valence-electron chi connectivity index (χ1n) is 17.5. The average molecular weight is 688 g/mol. The Balaban J connectivity index is 0.940. The highest BCUT2D eigenvalue weighted by molar-refractivity contribution is 6.32. The number of anilines is 4. The molecule has 4 amide bonds. The number of halogens is 2. The van der Waals surface area contributed by atoms with Gasteiger partial charge in [-0.25, -0.2) is 14.2 Å². The predicted octanol–water partition coefficient (Wildman–Crippen LogP) is 6.15. The molecule has 2 unspecified atom stereocenters.